The molecule has 0 aliphatic heterocycles. The number of thioether (sulfide) groups is 1. The molecule has 0 unspecified atom stereocenters. The molecule has 0 aliphatic rings. The molecule has 96 valence electrons. The van der Waals surface area contributed by atoms with Crippen LogP contribution in [-0.4, -0.2) is 30.8 Å². The lowest BCUT2D eigenvalue weighted by Gasteiger charge is -2.10. The third-order valence-corrected chi connectivity index (χ3v) is 3.27. The van der Waals surface area contributed by atoms with Crippen molar-refractivity contribution in [2.24, 2.45) is 0 Å². The number of methoxy groups -OCH3 is 1. The molecular weight excluding hydrogens is 258 g/mol. The molecule has 0 spiro atoms. The van der Waals surface area contributed by atoms with Crippen LogP contribution < -0.4 is 10.1 Å². The standard InChI is InChI=1S/C12H18ClNO2S/c1-16-11-7-10(13)6-9(12(11)15)8-14-4-3-5-17-2/h6-7,14-15H,3-5,8H2,1-2H3. The normalized spacial score (nSPS) is 10.5. The van der Waals surface area contributed by atoms with E-state index in [4.69, 9.17) is 16.3 Å². The Labute approximate surface area is 112 Å². The van der Waals surface area contributed by atoms with Gasteiger partial charge in [0.15, 0.2) is 11.5 Å². The summed E-state index contributed by atoms with van der Waals surface area (Å²) in [5.41, 5.74) is 0.763. The summed E-state index contributed by atoms with van der Waals surface area (Å²) in [5, 5.41) is 13.7. The number of phenolic OH excluding ortho intramolecular Hbond substituents is 1. The average molecular weight is 276 g/mol. The van der Waals surface area contributed by atoms with Crippen LogP contribution in [0, 0.1) is 0 Å². The predicted octanol–water partition coefficient (Wildman–Crippen LogP) is 2.90. The van der Waals surface area contributed by atoms with Gasteiger partial charge in [-0.05, 0) is 31.0 Å². The smallest absolute Gasteiger partial charge is 0.162 e. The summed E-state index contributed by atoms with van der Waals surface area (Å²) in [6.45, 7) is 1.52. The molecule has 2 N–H and O–H groups in total. The second-order valence-electron chi connectivity index (χ2n) is 3.64. The second kappa shape index (κ2) is 7.69. The zero-order valence-corrected chi connectivity index (χ0v) is 11.7. The summed E-state index contributed by atoms with van der Waals surface area (Å²) in [5.74, 6) is 1.71. The first kappa shape index (κ1) is 14.5. The van der Waals surface area contributed by atoms with Crippen molar-refractivity contribution < 1.29 is 9.84 Å². The van der Waals surface area contributed by atoms with Crippen LogP contribution in [0.5, 0.6) is 11.5 Å². The van der Waals surface area contributed by atoms with Gasteiger partial charge >= 0.3 is 0 Å². The highest BCUT2D eigenvalue weighted by molar-refractivity contribution is 7.98. The first-order chi connectivity index (χ1) is 8.19. The highest BCUT2D eigenvalue weighted by Crippen LogP contribution is 2.33. The van der Waals surface area contributed by atoms with Gasteiger partial charge in [0.1, 0.15) is 0 Å². The summed E-state index contributed by atoms with van der Waals surface area (Å²) < 4.78 is 5.05. The Morgan fingerprint density at radius 1 is 1.47 bits per heavy atom. The minimum Gasteiger partial charge on any atom is -0.504 e. The van der Waals surface area contributed by atoms with Crippen molar-refractivity contribution in [2.45, 2.75) is 13.0 Å². The number of hydrogen-bond acceptors (Lipinski definition) is 4. The van der Waals surface area contributed by atoms with E-state index in [0.717, 1.165) is 24.3 Å². The van der Waals surface area contributed by atoms with Gasteiger partial charge in [-0.1, -0.05) is 11.6 Å². The van der Waals surface area contributed by atoms with E-state index < -0.39 is 0 Å². The first-order valence-corrected chi connectivity index (χ1v) is 7.21. The SMILES string of the molecule is COc1cc(Cl)cc(CNCCCSC)c1O. The lowest BCUT2D eigenvalue weighted by atomic mass is 10.2. The van der Waals surface area contributed by atoms with Gasteiger partial charge in [-0.2, -0.15) is 11.8 Å². The Kier molecular flexibility index (Phi) is 6.55. The molecule has 1 aromatic carbocycles. The quantitative estimate of drug-likeness (QED) is 0.751. The van der Waals surface area contributed by atoms with Crippen LogP contribution in [0.1, 0.15) is 12.0 Å². The number of phenols is 1. The van der Waals surface area contributed by atoms with Crippen LogP contribution in [0.2, 0.25) is 5.02 Å². The number of benzene rings is 1. The maximum Gasteiger partial charge on any atom is 0.162 e. The number of aromatic hydroxyl groups is 1. The van der Waals surface area contributed by atoms with E-state index in [0.29, 0.717) is 17.3 Å². The van der Waals surface area contributed by atoms with Gasteiger partial charge in [-0.15, -0.1) is 0 Å². The fourth-order valence-corrected chi connectivity index (χ4v) is 2.15. The van der Waals surface area contributed by atoms with E-state index in [2.05, 4.69) is 11.6 Å². The third-order valence-electron chi connectivity index (χ3n) is 2.36. The van der Waals surface area contributed by atoms with E-state index >= 15 is 0 Å². The maximum absolute atomic E-state index is 9.89. The van der Waals surface area contributed by atoms with Crippen LogP contribution >= 0.6 is 23.4 Å². The minimum atomic E-state index is 0.161. The van der Waals surface area contributed by atoms with Gasteiger partial charge in [0, 0.05) is 23.2 Å². The third kappa shape index (κ3) is 4.66. The van der Waals surface area contributed by atoms with Gasteiger partial charge < -0.3 is 15.2 Å². The first-order valence-electron chi connectivity index (χ1n) is 5.44. The minimum absolute atomic E-state index is 0.161. The van der Waals surface area contributed by atoms with Crippen molar-refractivity contribution in [3.8, 4) is 11.5 Å². The van der Waals surface area contributed by atoms with E-state index in [9.17, 15) is 5.11 Å². The van der Waals surface area contributed by atoms with Crippen molar-refractivity contribution in [1.29, 1.82) is 0 Å². The Hall–Kier alpha value is -0.580. The number of ether oxygens (including phenoxy) is 1. The highest BCUT2D eigenvalue weighted by atomic mass is 35.5. The Morgan fingerprint density at radius 2 is 2.24 bits per heavy atom. The van der Waals surface area contributed by atoms with Gasteiger partial charge in [-0.25, -0.2) is 0 Å². The molecule has 0 bridgehead atoms. The fraction of sp³-hybridized carbons (Fsp3) is 0.500. The fourth-order valence-electron chi connectivity index (χ4n) is 1.48. The number of nitrogens with one attached hydrogen (secondary N) is 1. The van der Waals surface area contributed by atoms with E-state index in [1.54, 1.807) is 12.1 Å². The number of rotatable bonds is 7. The molecule has 0 amide bonds. The van der Waals surface area contributed by atoms with Crippen LogP contribution in [0.25, 0.3) is 0 Å². The molecule has 0 fully saturated rings. The van der Waals surface area contributed by atoms with Crippen molar-refractivity contribution in [3.05, 3.63) is 22.7 Å². The van der Waals surface area contributed by atoms with Gasteiger partial charge in [-0.3, -0.25) is 0 Å². The summed E-state index contributed by atoms with van der Waals surface area (Å²) >= 11 is 7.77. The summed E-state index contributed by atoms with van der Waals surface area (Å²) in [6, 6.07) is 3.36. The molecule has 0 aromatic heterocycles. The molecule has 0 saturated carbocycles. The van der Waals surface area contributed by atoms with Crippen molar-refractivity contribution in [2.75, 3.05) is 25.7 Å². The molecule has 0 atom stereocenters. The lowest BCUT2D eigenvalue weighted by molar-refractivity contribution is 0.369. The van der Waals surface area contributed by atoms with E-state index in [1.165, 1.54) is 7.11 Å². The molecule has 17 heavy (non-hydrogen) atoms. The van der Waals surface area contributed by atoms with E-state index in [1.807, 2.05) is 11.8 Å². The number of halogens is 1. The lowest BCUT2D eigenvalue weighted by Crippen LogP contribution is -2.15. The van der Waals surface area contributed by atoms with Gasteiger partial charge in [0.25, 0.3) is 0 Å². The van der Waals surface area contributed by atoms with Crippen molar-refractivity contribution in [3.63, 3.8) is 0 Å². The zero-order chi connectivity index (χ0) is 12.7. The van der Waals surface area contributed by atoms with Crippen LogP contribution in [0.3, 0.4) is 0 Å². The molecule has 0 saturated heterocycles. The summed E-state index contributed by atoms with van der Waals surface area (Å²) in [6.07, 6.45) is 3.20. The van der Waals surface area contributed by atoms with Gasteiger partial charge in [0.2, 0.25) is 0 Å². The zero-order valence-electron chi connectivity index (χ0n) is 10.1. The van der Waals surface area contributed by atoms with Crippen LogP contribution in [0.15, 0.2) is 12.1 Å². The predicted molar refractivity (Wildman–Crippen MR) is 74.4 cm³/mol. The maximum atomic E-state index is 9.89. The Morgan fingerprint density at radius 3 is 2.88 bits per heavy atom. The van der Waals surface area contributed by atoms with Crippen LogP contribution in [-0.2, 0) is 6.54 Å². The molecule has 3 nitrogen and oxygen atoms in total. The molecule has 1 aromatic rings. The molecule has 1 rings (SSSR count). The molecule has 0 aliphatic carbocycles. The van der Waals surface area contributed by atoms with Crippen molar-refractivity contribution >= 4 is 23.4 Å². The number of hydrogen-bond donors (Lipinski definition) is 2. The van der Waals surface area contributed by atoms with Crippen LogP contribution in [0.4, 0.5) is 0 Å². The summed E-state index contributed by atoms with van der Waals surface area (Å²) in [7, 11) is 1.51. The highest BCUT2D eigenvalue weighted by Gasteiger charge is 2.09. The summed E-state index contributed by atoms with van der Waals surface area (Å²) in [4.78, 5) is 0. The monoisotopic (exact) mass is 275 g/mol. The van der Waals surface area contributed by atoms with Gasteiger partial charge in [0.05, 0.1) is 7.11 Å². The Bertz CT molecular complexity index is 361. The topological polar surface area (TPSA) is 41.5 Å². The molecule has 0 radical (unpaired) electrons. The second-order valence-corrected chi connectivity index (χ2v) is 5.06. The molecule has 5 heteroatoms. The molecule has 0 heterocycles. The largest absolute Gasteiger partial charge is 0.504 e. The van der Waals surface area contributed by atoms with Crippen molar-refractivity contribution in [1.82, 2.24) is 5.32 Å². The van der Waals surface area contributed by atoms with E-state index in [-0.39, 0.29) is 5.75 Å². The molecular formula is C12H18ClNO2S. The average Bonchev–Trinajstić information content (AvgIpc) is 2.32. The Balaban J connectivity index is 2.55.